The molecule has 1 aromatic heterocycles. The highest BCUT2D eigenvalue weighted by atomic mass is 79.9. The van der Waals surface area contributed by atoms with E-state index in [0.717, 1.165) is 5.56 Å². The Kier molecular flexibility index (Phi) is 4.80. The molecule has 2 rings (SSSR count). The number of carbonyl (C=O) groups excluding carboxylic acids is 2. The molecule has 1 heterocycles. The molecule has 0 spiro atoms. The van der Waals surface area contributed by atoms with Crippen LogP contribution in [-0.2, 0) is 4.74 Å². The Labute approximate surface area is 130 Å². The summed E-state index contributed by atoms with van der Waals surface area (Å²) in [5, 5.41) is 2.72. The molecule has 0 aliphatic carbocycles. The van der Waals surface area contributed by atoms with Crippen molar-refractivity contribution in [2.75, 3.05) is 11.9 Å². The van der Waals surface area contributed by atoms with Gasteiger partial charge in [-0.2, -0.15) is 0 Å². The van der Waals surface area contributed by atoms with E-state index in [2.05, 4.69) is 21.2 Å². The fraction of sp³-hybridized carbons (Fsp3) is 0.200. The molecule has 1 N–H and O–H groups in total. The van der Waals surface area contributed by atoms with Gasteiger partial charge in [-0.1, -0.05) is 0 Å². The van der Waals surface area contributed by atoms with Gasteiger partial charge in [0.2, 0.25) is 0 Å². The minimum atomic E-state index is -0.405. The Balaban J connectivity index is 2.16. The van der Waals surface area contributed by atoms with Crippen LogP contribution in [0.3, 0.4) is 0 Å². The molecule has 0 bridgehead atoms. The van der Waals surface area contributed by atoms with Crippen LogP contribution in [0.2, 0.25) is 0 Å². The van der Waals surface area contributed by atoms with Crippen LogP contribution in [0.25, 0.3) is 0 Å². The molecule has 0 fully saturated rings. The van der Waals surface area contributed by atoms with Gasteiger partial charge in [-0.25, -0.2) is 4.79 Å². The van der Waals surface area contributed by atoms with Crippen molar-refractivity contribution in [3.8, 4) is 0 Å². The Bertz CT molecular complexity index is 678. The van der Waals surface area contributed by atoms with Crippen LogP contribution in [0.5, 0.6) is 0 Å². The molecule has 0 atom stereocenters. The number of nitrogens with one attached hydrogen (secondary N) is 1. The standard InChI is InChI=1S/C15H14BrNO4/c1-3-20-15(19)10-4-5-12(11(16)8-10)17-14(18)13-9(2)6-7-21-13/h4-8H,3H2,1-2H3,(H,17,18). The molecule has 0 saturated heterocycles. The second kappa shape index (κ2) is 6.58. The molecule has 21 heavy (non-hydrogen) atoms. The van der Waals surface area contributed by atoms with Gasteiger partial charge in [0.1, 0.15) is 0 Å². The third kappa shape index (κ3) is 3.52. The first-order chi connectivity index (χ1) is 10.0. The summed E-state index contributed by atoms with van der Waals surface area (Å²) < 4.78 is 10.6. The van der Waals surface area contributed by atoms with Crippen LogP contribution in [0.4, 0.5) is 5.69 Å². The highest BCUT2D eigenvalue weighted by Crippen LogP contribution is 2.25. The summed E-state index contributed by atoms with van der Waals surface area (Å²) in [4.78, 5) is 23.7. The molecule has 0 aliphatic heterocycles. The van der Waals surface area contributed by atoms with Crippen molar-refractivity contribution in [1.82, 2.24) is 0 Å². The van der Waals surface area contributed by atoms with Crippen molar-refractivity contribution in [3.05, 3.63) is 51.9 Å². The van der Waals surface area contributed by atoms with Gasteiger partial charge in [0.15, 0.2) is 5.76 Å². The van der Waals surface area contributed by atoms with E-state index in [-0.39, 0.29) is 11.7 Å². The molecule has 0 aliphatic rings. The maximum Gasteiger partial charge on any atom is 0.338 e. The second-order valence-electron chi connectivity index (χ2n) is 4.30. The van der Waals surface area contributed by atoms with Gasteiger partial charge >= 0.3 is 5.97 Å². The average Bonchev–Trinajstić information content (AvgIpc) is 2.87. The van der Waals surface area contributed by atoms with E-state index in [1.165, 1.54) is 6.26 Å². The first kappa shape index (κ1) is 15.3. The molecule has 0 unspecified atom stereocenters. The fourth-order valence-electron chi connectivity index (χ4n) is 1.74. The number of ether oxygens (including phenoxy) is 1. The van der Waals surface area contributed by atoms with Crippen LogP contribution in [0.15, 0.2) is 39.4 Å². The SMILES string of the molecule is CCOC(=O)c1ccc(NC(=O)c2occc2C)c(Br)c1. The largest absolute Gasteiger partial charge is 0.462 e. The maximum atomic E-state index is 12.1. The summed E-state index contributed by atoms with van der Waals surface area (Å²) in [6, 6.07) is 6.54. The Hall–Kier alpha value is -2.08. The van der Waals surface area contributed by atoms with Gasteiger partial charge in [0.25, 0.3) is 5.91 Å². The predicted molar refractivity (Wildman–Crippen MR) is 81.5 cm³/mol. The molecule has 1 aromatic carbocycles. The predicted octanol–water partition coefficient (Wildman–Crippen LogP) is 3.78. The van der Waals surface area contributed by atoms with E-state index >= 15 is 0 Å². The van der Waals surface area contributed by atoms with E-state index in [1.807, 2.05) is 0 Å². The zero-order valence-corrected chi connectivity index (χ0v) is 13.2. The summed E-state index contributed by atoms with van der Waals surface area (Å²) >= 11 is 3.32. The van der Waals surface area contributed by atoms with Gasteiger partial charge in [0.05, 0.1) is 24.1 Å². The average molecular weight is 352 g/mol. The third-order valence-corrected chi connectivity index (χ3v) is 3.45. The minimum absolute atomic E-state index is 0.261. The van der Waals surface area contributed by atoms with Crippen LogP contribution in [-0.4, -0.2) is 18.5 Å². The number of rotatable bonds is 4. The smallest absolute Gasteiger partial charge is 0.338 e. The lowest BCUT2D eigenvalue weighted by Gasteiger charge is -2.08. The molecular weight excluding hydrogens is 338 g/mol. The van der Waals surface area contributed by atoms with Crippen molar-refractivity contribution in [3.63, 3.8) is 0 Å². The van der Waals surface area contributed by atoms with E-state index in [1.54, 1.807) is 38.1 Å². The lowest BCUT2D eigenvalue weighted by Crippen LogP contribution is -2.13. The number of amides is 1. The lowest BCUT2D eigenvalue weighted by molar-refractivity contribution is 0.0526. The summed E-state index contributed by atoms with van der Waals surface area (Å²) in [6.07, 6.45) is 1.46. The van der Waals surface area contributed by atoms with E-state index in [9.17, 15) is 9.59 Å². The summed E-state index contributed by atoms with van der Waals surface area (Å²) in [6.45, 7) is 3.84. The maximum absolute atomic E-state index is 12.1. The number of halogens is 1. The van der Waals surface area contributed by atoms with Gasteiger partial charge in [-0.15, -0.1) is 0 Å². The molecule has 6 heteroatoms. The van der Waals surface area contributed by atoms with Crippen LogP contribution in [0, 0.1) is 6.92 Å². The lowest BCUT2D eigenvalue weighted by atomic mass is 10.2. The fourth-order valence-corrected chi connectivity index (χ4v) is 2.22. The monoisotopic (exact) mass is 351 g/mol. The number of aryl methyl sites for hydroxylation is 1. The van der Waals surface area contributed by atoms with Gasteiger partial charge < -0.3 is 14.5 Å². The normalized spacial score (nSPS) is 10.2. The number of furan rings is 1. The van der Waals surface area contributed by atoms with Crippen molar-refractivity contribution in [1.29, 1.82) is 0 Å². The van der Waals surface area contributed by atoms with Gasteiger partial charge in [0, 0.05) is 10.0 Å². The van der Waals surface area contributed by atoms with Gasteiger partial charge in [-0.05, 0) is 54.0 Å². The first-order valence-electron chi connectivity index (χ1n) is 6.35. The van der Waals surface area contributed by atoms with Crippen LogP contribution >= 0.6 is 15.9 Å². The molecular formula is C15H14BrNO4. The first-order valence-corrected chi connectivity index (χ1v) is 7.14. The number of esters is 1. The second-order valence-corrected chi connectivity index (χ2v) is 5.16. The number of carbonyl (C=O) groups is 2. The van der Waals surface area contributed by atoms with Crippen molar-refractivity contribution >= 4 is 33.5 Å². The van der Waals surface area contributed by atoms with Crippen molar-refractivity contribution < 1.29 is 18.7 Å². The Morgan fingerprint density at radius 2 is 2.10 bits per heavy atom. The topological polar surface area (TPSA) is 68.5 Å². The van der Waals surface area contributed by atoms with E-state index < -0.39 is 5.97 Å². The zero-order valence-electron chi connectivity index (χ0n) is 11.6. The molecule has 0 radical (unpaired) electrons. The zero-order chi connectivity index (χ0) is 15.4. The van der Waals surface area contributed by atoms with Crippen LogP contribution in [0.1, 0.15) is 33.4 Å². The summed E-state index contributed by atoms with van der Waals surface area (Å²) in [5.74, 6) is -0.489. The minimum Gasteiger partial charge on any atom is -0.462 e. The molecule has 5 nitrogen and oxygen atoms in total. The number of hydrogen-bond acceptors (Lipinski definition) is 4. The third-order valence-electron chi connectivity index (χ3n) is 2.80. The Morgan fingerprint density at radius 3 is 2.67 bits per heavy atom. The summed E-state index contributed by atoms with van der Waals surface area (Å²) in [5.41, 5.74) is 1.71. The number of hydrogen-bond donors (Lipinski definition) is 1. The molecule has 2 aromatic rings. The highest BCUT2D eigenvalue weighted by molar-refractivity contribution is 9.10. The number of anilines is 1. The van der Waals surface area contributed by atoms with Crippen LogP contribution < -0.4 is 5.32 Å². The quantitative estimate of drug-likeness (QED) is 0.851. The molecule has 0 saturated carbocycles. The molecule has 1 amide bonds. The Morgan fingerprint density at radius 1 is 1.33 bits per heavy atom. The van der Waals surface area contributed by atoms with Crippen molar-refractivity contribution in [2.45, 2.75) is 13.8 Å². The van der Waals surface area contributed by atoms with Crippen molar-refractivity contribution in [2.24, 2.45) is 0 Å². The molecule has 110 valence electrons. The van der Waals surface area contributed by atoms with Gasteiger partial charge in [-0.3, -0.25) is 4.79 Å². The highest BCUT2D eigenvalue weighted by Gasteiger charge is 2.15. The summed E-state index contributed by atoms with van der Waals surface area (Å²) in [7, 11) is 0. The van der Waals surface area contributed by atoms with E-state index in [4.69, 9.17) is 9.15 Å². The van der Waals surface area contributed by atoms with E-state index in [0.29, 0.717) is 22.3 Å². The number of benzene rings is 1.